The predicted molar refractivity (Wildman–Crippen MR) is 139 cm³/mol. The van der Waals surface area contributed by atoms with Crippen molar-refractivity contribution in [2.45, 2.75) is 9.79 Å². The van der Waals surface area contributed by atoms with Gasteiger partial charge in [0.25, 0.3) is 20.2 Å². The van der Waals surface area contributed by atoms with Gasteiger partial charge in [0.2, 0.25) is 0 Å². The van der Waals surface area contributed by atoms with Crippen molar-refractivity contribution in [2.24, 2.45) is 20.5 Å². The summed E-state index contributed by atoms with van der Waals surface area (Å²) < 4.78 is 69.0. The molecule has 4 aromatic rings. The standard InChI is InChI=1S/C22H14Br2N4O8S2.2Na/c23-12-1-5-14(6-2-12)25-27-19-16(37(31,32)33)9-11-10-17(38(34,35)36)20(22(30)18(11)21(19)29)28-26-15-7-3-13(24)4-8-15;;/h1-10,29-30H,(H,31,32,33)(H,34,35,36);;/q;2*+1/p-2. The smallest absolute Gasteiger partial charge is 0.871 e. The SMILES string of the molecule is O=S(=O)(O)c1cc2cc(S(=O)(=O)O)c(N=Nc3ccc(Br)cc3)c([O-])c2c([O-])c1N=Nc1ccc(Br)cc1.[Na+].[Na+]. The number of hydrogen-bond donors (Lipinski definition) is 2. The third kappa shape index (κ3) is 7.96. The van der Waals surface area contributed by atoms with Crippen molar-refractivity contribution in [1.82, 2.24) is 0 Å². The topological polar surface area (TPSA) is 204 Å². The van der Waals surface area contributed by atoms with Gasteiger partial charge < -0.3 is 10.2 Å². The third-order valence-electron chi connectivity index (χ3n) is 4.95. The largest absolute Gasteiger partial charge is 1.00 e. The first-order valence-electron chi connectivity index (χ1n) is 10.1. The molecule has 0 radical (unpaired) electrons. The Bertz CT molecular complexity index is 1720. The number of hydrogen-bond acceptors (Lipinski definition) is 10. The second-order valence-corrected chi connectivity index (χ2v) is 12.1. The first-order chi connectivity index (χ1) is 17.8. The molecule has 0 amide bonds. The van der Waals surface area contributed by atoms with Crippen LogP contribution in [0.1, 0.15) is 0 Å². The Kier molecular flexibility index (Phi) is 12.0. The van der Waals surface area contributed by atoms with Crippen LogP contribution in [0, 0.1) is 0 Å². The average molecular weight is 730 g/mol. The molecular formula is C22H12Br2N4Na2O8S2. The summed E-state index contributed by atoms with van der Waals surface area (Å²) in [6, 6.07) is 13.7. The van der Waals surface area contributed by atoms with Gasteiger partial charge >= 0.3 is 59.1 Å². The van der Waals surface area contributed by atoms with Gasteiger partial charge in [0.05, 0.1) is 22.7 Å². The molecule has 4 rings (SSSR count). The molecule has 0 spiro atoms. The van der Waals surface area contributed by atoms with Crippen LogP contribution in [0.2, 0.25) is 0 Å². The Morgan fingerprint density at radius 1 is 0.600 bits per heavy atom. The Morgan fingerprint density at radius 3 is 1.23 bits per heavy atom. The molecule has 40 heavy (non-hydrogen) atoms. The Labute approximate surface area is 289 Å². The Balaban J connectivity index is 0.00000280. The molecule has 0 unspecified atom stereocenters. The molecule has 0 aromatic heterocycles. The number of rotatable bonds is 6. The minimum absolute atomic E-state index is 0. The van der Waals surface area contributed by atoms with Gasteiger partial charge in [-0.15, -0.1) is 10.2 Å². The van der Waals surface area contributed by atoms with Crippen LogP contribution in [0.5, 0.6) is 11.5 Å². The van der Waals surface area contributed by atoms with Crippen LogP contribution in [0.15, 0.2) is 99.9 Å². The molecule has 196 valence electrons. The molecule has 0 fully saturated rings. The van der Waals surface area contributed by atoms with Crippen molar-refractivity contribution in [3.63, 3.8) is 0 Å². The fraction of sp³-hybridized carbons (Fsp3) is 0. The molecule has 0 aliphatic rings. The van der Waals surface area contributed by atoms with E-state index in [0.717, 1.165) is 0 Å². The van der Waals surface area contributed by atoms with Crippen LogP contribution in [0.3, 0.4) is 0 Å². The molecule has 0 saturated carbocycles. The summed E-state index contributed by atoms with van der Waals surface area (Å²) in [5.41, 5.74) is -1.37. The number of halogens is 2. The molecule has 0 aliphatic carbocycles. The number of nitrogens with zero attached hydrogens (tertiary/aromatic N) is 4. The van der Waals surface area contributed by atoms with Gasteiger partial charge in [-0.2, -0.15) is 27.1 Å². The zero-order valence-electron chi connectivity index (χ0n) is 20.5. The number of azo groups is 2. The third-order valence-corrected chi connectivity index (χ3v) is 7.74. The molecule has 2 N–H and O–H groups in total. The summed E-state index contributed by atoms with van der Waals surface area (Å²) in [7, 11) is -10.2. The van der Waals surface area contributed by atoms with E-state index < -0.39 is 63.7 Å². The zero-order chi connectivity index (χ0) is 27.8. The molecule has 0 aliphatic heterocycles. The fourth-order valence-corrected chi connectivity index (χ4v) is 5.08. The predicted octanol–water partition coefficient (Wildman–Crippen LogP) is -0.156. The second kappa shape index (κ2) is 13.8. The summed E-state index contributed by atoms with van der Waals surface area (Å²) in [6.45, 7) is 0. The van der Waals surface area contributed by atoms with Crippen molar-refractivity contribution in [3.8, 4) is 11.5 Å². The minimum Gasteiger partial charge on any atom is -0.871 e. The average Bonchev–Trinajstić information content (AvgIpc) is 2.83. The van der Waals surface area contributed by atoms with Crippen molar-refractivity contribution in [2.75, 3.05) is 0 Å². The van der Waals surface area contributed by atoms with Crippen LogP contribution in [-0.2, 0) is 20.2 Å². The number of fused-ring (bicyclic) bond motifs is 1. The molecule has 0 atom stereocenters. The maximum absolute atomic E-state index is 13.3. The summed E-state index contributed by atoms with van der Waals surface area (Å²) >= 11 is 6.47. The van der Waals surface area contributed by atoms with Gasteiger partial charge in [-0.25, -0.2) is 0 Å². The van der Waals surface area contributed by atoms with E-state index >= 15 is 0 Å². The molecule has 12 nitrogen and oxygen atoms in total. The summed E-state index contributed by atoms with van der Waals surface area (Å²) in [6.07, 6.45) is 0. The van der Waals surface area contributed by atoms with E-state index in [2.05, 4.69) is 52.3 Å². The van der Waals surface area contributed by atoms with Crippen molar-refractivity contribution in [3.05, 3.63) is 69.6 Å². The van der Waals surface area contributed by atoms with E-state index in [9.17, 15) is 36.2 Å². The first kappa shape index (κ1) is 34.9. The quantitative estimate of drug-likeness (QED) is 0.155. The molecular weight excluding hydrogens is 718 g/mol. The Hall–Kier alpha value is -1.28. The molecule has 4 aromatic carbocycles. The minimum atomic E-state index is -5.10. The fourth-order valence-electron chi connectivity index (χ4n) is 3.24. The van der Waals surface area contributed by atoms with Gasteiger partial charge in [-0.1, -0.05) is 43.4 Å². The summed E-state index contributed by atoms with van der Waals surface area (Å²) in [5, 5.41) is 40.3. The van der Waals surface area contributed by atoms with Crippen LogP contribution in [0.4, 0.5) is 22.7 Å². The monoisotopic (exact) mass is 728 g/mol. The maximum atomic E-state index is 13.3. The van der Waals surface area contributed by atoms with Crippen molar-refractivity contribution >= 4 is 85.6 Å². The molecule has 0 bridgehead atoms. The van der Waals surface area contributed by atoms with E-state index in [-0.39, 0.29) is 70.5 Å². The van der Waals surface area contributed by atoms with Crippen LogP contribution in [0.25, 0.3) is 10.8 Å². The van der Waals surface area contributed by atoms with E-state index in [1.165, 1.54) is 24.3 Å². The van der Waals surface area contributed by atoms with E-state index in [1.54, 1.807) is 24.3 Å². The van der Waals surface area contributed by atoms with E-state index in [0.29, 0.717) is 21.1 Å². The number of benzene rings is 4. The van der Waals surface area contributed by atoms with Crippen LogP contribution < -0.4 is 69.3 Å². The first-order valence-corrected chi connectivity index (χ1v) is 14.5. The van der Waals surface area contributed by atoms with Crippen LogP contribution >= 0.6 is 31.9 Å². The normalized spacial score (nSPS) is 12.0. The van der Waals surface area contributed by atoms with Crippen LogP contribution in [-0.4, -0.2) is 25.9 Å². The second-order valence-electron chi connectivity index (χ2n) is 7.51. The molecule has 0 saturated heterocycles. The Morgan fingerprint density at radius 2 is 0.925 bits per heavy atom. The summed E-state index contributed by atoms with van der Waals surface area (Å²) in [4.78, 5) is -2.05. The van der Waals surface area contributed by atoms with E-state index in [1.807, 2.05) is 0 Å². The van der Waals surface area contributed by atoms with Gasteiger partial charge in [0.1, 0.15) is 9.79 Å². The van der Waals surface area contributed by atoms with Gasteiger partial charge in [-0.05, 0) is 71.4 Å². The van der Waals surface area contributed by atoms with Crippen molar-refractivity contribution < 1.29 is 95.3 Å². The molecule has 18 heteroatoms. The van der Waals surface area contributed by atoms with Gasteiger partial charge in [-0.3, -0.25) is 9.11 Å². The van der Waals surface area contributed by atoms with Gasteiger partial charge in [0, 0.05) is 8.95 Å². The summed E-state index contributed by atoms with van der Waals surface area (Å²) in [5.74, 6) is -2.55. The molecule has 0 heterocycles. The van der Waals surface area contributed by atoms with Crippen molar-refractivity contribution in [1.29, 1.82) is 0 Å². The zero-order valence-corrected chi connectivity index (χ0v) is 29.3. The van der Waals surface area contributed by atoms with Gasteiger partial charge in [0.15, 0.2) is 0 Å². The van der Waals surface area contributed by atoms with E-state index in [4.69, 9.17) is 0 Å². The maximum Gasteiger partial charge on any atom is 1.00 e.